The second-order valence-electron chi connectivity index (χ2n) is 11.3. The van der Waals surface area contributed by atoms with Crippen LogP contribution in [0, 0.1) is 24.1 Å². The summed E-state index contributed by atoms with van der Waals surface area (Å²) in [6.45, 7) is 5.50. The van der Waals surface area contributed by atoms with Gasteiger partial charge in [-0.25, -0.2) is 19.3 Å². The third kappa shape index (κ3) is 5.48. The van der Waals surface area contributed by atoms with Crippen molar-refractivity contribution < 1.29 is 4.39 Å². The van der Waals surface area contributed by atoms with Crippen LogP contribution in [0.2, 0.25) is 0 Å². The van der Waals surface area contributed by atoms with Crippen LogP contribution in [0.1, 0.15) is 16.7 Å². The minimum Gasteiger partial charge on any atom is -0.383 e. The number of aromatic nitrogens is 4. The largest absolute Gasteiger partial charge is 0.383 e. The Morgan fingerprint density at radius 1 is 0.889 bits per heavy atom. The fraction of sp³-hybridized carbons (Fsp3) is 0.167. The van der Waals surface area contributed by atoms with E-state index in [1.54, 1.807) is 19.2 Å². The number of nitrogen functional groups attached to an aromatic ring is 1. The fourth-order valence-electron chi connectivity index (χ4n) is 5.94. The molecule has 0 unspecified atom stereocenters. The molecule has 3 aromatic heterocycles. The molecule has 9 heteroatoms. The molecule has 7 rings (SSSR count). The smallest absolute Gasteiger partial charge is 0.165 e. The first kappa shape index (κ1) is 28.2. The molecule has 8 nitrogen and oxygen atoms in total. The Morgan fingerprint density at radius 3 is 2.40 bits per heavy atom. The predicted octanol–water partition coefficient (Wildman–Crippen LogP) is 6.37. The Morgan fingerprint density at radius 2 is 1.67 bits per heavy atom. The van der Waals surface area contributed by atoms with Crippen LogP contribution < -0.4 is 10.6 Å². The van der Waals surface area contributed by atoms with E-state index in [9.17, 15) is 9.65 Å². The number of nitrogens with two attached hydrogens (primary N) is 1. The number of nitrogens with zero attached hydrogens (tertiary/aromatic N) is 7. The second-order valence-corrected chi connectivity index (χ2v) is 11.3. The van der Waals surface area contributed by atoms with Crippen LogP contribution in [0.25, 0.3) is 39.5 Å². The monoisotopic (exact) mass is 594 g/mol. The number of halogens is 1. The van der Waals surface area contributed by atoms with Crippen molar-refractivity contribution in [1.29, 1.82) is 5.26 Å². The van der Waals surface area contributed by atoms with E-state index >= 15 is 0 Å². The first-order valence-electron chi connectivity index (χ1n) is 14.9. The summed E-state index contributed by atoms with van der Waals surface area (Å²) >= 11 is 0. The van der Waals surface area contributed by atoms with Crippen molar-refractivity contribution >= 4 is 22.7 Å². The van der Waals surface area contributed by atoms with Gasteiger partial charge in [-0.2, -0.15) is 5.26 Å². The number of benzene rings is 3. The van der Waals surface area contributed by atoms with Crippen molar-refractivity contribution in [2.45, 2.75) is 13.5 Å². The van der Waals surface area contributed by atoms with Crippen LogP contribution in [0.5, 0.6) is 0 Å². The van der Waals surface area contributed by atoms with Crippen molar-refractivity contribution in [3.8, 4) is 34.4 Å². The van der Waals surface area contributed by atoms with Gasteiger partial charge in [0.15, 0.2) is 11.5 Å². The van der Waals surface area contributed by atoms with E-state index in [1.807, 2.05) is 64.1 Å². The zero-order valence-electron chi connectivity index (χ0n) is 24.9. The molecule has 45 heavy (non-hydrogen) atoms. The molecule has 6 aromatic rings. The average molecular weight is 595 g/mol. The van der Waals surface area contributed by atoms with Crippen molar-refractivity contribution in [1.82, 2.24) is 24.4 Å². The van der Waals surface area contributed by atoms with Gasteiger partial charge in [0.25, 0.3) is 0 Å². The first-order chi connectivity index (χ1) is 22.0. The topological polar surface area (TPSA) is 99.9 Å². The Balaban J connectivity index is 1.15. The molecule has 0 bridgehead atoms. The van der Waals surface area contributed by atoms with Crippen molar-refractivity contribution in [2.75, 3.05) is 36.8 Å². The van der Waals surface area contributed by atoms with Crippen LogP contribution in [0.4, 0.5) is 15.9 Å². The van der Waals surface area contributed by atoms with Gasteiger partial charge in [-0.3, -0.25) is 9.47 Å². The molecule has 4 heterocycles. The maximum Gasteiger partial charge on any atom is 0.165 e. The standard InChI is InChI=1S/C36H31FN8/c1-24-20-30(37)33(21-27(24)22-38)44-18-16-43(17-19-44)23-25-9-11-28(12-10-25)45-35(29-8-5-15-40-34(29)39)42-32-14-13-31(41-36(32)45)26-6-3-2-4-7-26/h2-15,20-21H,16-19,23H2,1H3,(H2,39,40). The SMILES string of the molecule is Cc1cc(F)c(N2CCN(Cc3ccc(-n4c(-c5cccnc5N)nc5ccc(-c6ccccc6)nc54)cc3)CC2)cc1C#N. The molecule has 222 valence electrons. The molecule has 1 aliphatic heterocycles. The highest BCUT2D eigenvalue weighted by Crippen LogP contribution is 2.32. The molecule has 1 aliphatic rings. The van der Waals surface area contributed by atoms with E-state index in [2.05, 4.69) is 40.2 Å². The highest BCUT2D eigenvalue weighted by Gasteiger charge is 2.22. The van der Waals surface area contributed by atoms with Crippen molar-refractivity contribution in [3.63, 3.8) is 0 Å². The average Bonchev–Trinajstić information content (AvgIpc) is 3.45. The molecule has 0 aliphatic carbocycles. The van der Waals surface area contributed by atoms with Crippen molar-refractivity contribution in [2.24, 2.45) is 0 Å². The summed E-state index contributed by atoms with van der Waals surface area (Å²) in [6.07, 6.45) is 1.67. The molecule has 2 N–H and O–H groups in total. The minimum absolute atomic E-state index is 0.277. The third-order valence-electron chi connectivity index (χ3n) is 8.38. The number of pyridine rings is 2. The number of fused-ring (bicyclic) bond motifs is 1. The van der Waals surface area contributed by atoms with E-state index in [1.165, 1.54) is 11.6 Å². The van der Waals surface area contributed by atoms with Gasteiger partial charge in [-0.05, 0) is 66.6 Å². The fourth-order valence-corrected chi connectivity index (χ4v) is 5.94. The maximum atomic E-state index is 14.7. The number of anilines is 2. The molecule has 1 fully saturated rings. The van der Waals surface area contributed by atoms with Gasteiger partial charge in [0, 0.05) is 50.2 Å². The summed E-state index contributed by atoms with van der Waals surface area (Å²) in [5.74, 6) is 0.808. The van der Waals surface area contributed by atoms with Gasteiger partial charge in [-0.1, -0.05) is 42.5 Å². The number of rotatable bonds is 6. The summed E-state index contributed by atoms with van der Waals surface area (Å²) in [5, 5.41) is 9.40. The summed E-state index contributed by atoms with van der Waals surface area (Å²) < 4.78 is 16.8. The highest BCUT2D eigenvalue weighted by atomic mass is 19.1. The van der Waals surface area contributed by atoms with Gasteiger partial charge in [0.2, 0.25) is 0 Å². The lowest BCUT2D eigenvalue weighted by molar-refractivity contribution is 0.249. The Labute approximate surface area is 260 Å². The number of imidazole rings is 1. The van der Waals surface area contributed by atoms with E-state index < -0.39 is 0 Å². The lowest BCUT2D eigenvalue weighted by atomic mass is 10.1. The van der Waals surface area contributed by atoms with Gasteiger partial charge in [-0.15, -0.1) is 0 Å². The van der Waals surface area contributed by atoms with Crippen LogP contribution >= 0.6 is 0 Å². The second kappa shape index (κ2) is 11.8. The summed E-state index contributed by atoms with van der Waals surface area (Å²) in [6, 6.07) is 31.6. The number of nitriles is 1. The molecular formula is C36H31FN8. The van der Waals surface area contributed by atoms with E-state index in [0.29, 0.717) is 41.5 Å². The van der Waals surface area contributed by atoms with Crippen LogP contribution in [0.3, 0.4) is 0 Å². The summed E-state index contributed by atoms with van der Waals surface area (Å²) in [5.41, 5.74) is 14.2. The van der Waals surface area contributed by atoms with Gasteiger partial charge < -0.3 is 10.6 Å². The molecule has 0 amide bonds. The number of aryl methyl sites for hydroxylation is 1. The van der Waals surface area contributed by atoms with Crippen LogP contribution in [0.15, 0.2) is 97.2 Å². The molecule has 1 saturated heterocycles. The van der Waals surface area contributed by atoms with Crippen molar-refractivity contribution in [3.05, 3.63) is 120 Å². The Bertz CT molecular complexity index is 2040. The van der Waals surface area contributed by atoms with E-state index in [4.69, 9.17) is 15.7 Å². The zero-order chi connectivity index (χ0) is 30.9. The molecule has 0 spiro atoms. The van der Waals surface area contributed by atoms with Gasteiger partial charge in [0.05, 0.1) is 28.6 Å². The molecule has 0 radical (unpaired) electrons. The number of piperazine rings is 1. The predicted molar refractivity (Wildman–Crippen MR) is 175 cm³/mol. The summed E-state index contributed by atoms with van der Waals surface area (Å²) in [4.78, 5) is 18.7. The molecule has 0 saturated carbocycles. The van der Waals surface area contributed by atoms with E-state index in [-0.39, 0.29) is 5.82 Å². The third-order valence-corrected chi connectivity index (χ3v) is 8.38. The highest BCUT2D eigenvalue weighted by molar-refractivity contribution is 5.84. The zero-order valence-corrected chi connectivity index (χ0v) is 24.9. The number of hydrogen-bond acceptors (Lipinski definition) is 7. The maximum absolute atomic E-state index is 14.7. The normalized spacial score (nSPS) is 13.7. The Kier molecular flexibility index (Phi) is 7.41. The molecule has 0 atom stereocenters. The summed E-state index contributed by atoms with van der Waals surface area (Å²) in [7, 11) is 0. The van der Waals surface area contributed by atoms with Crippen LogP contribution in [-0.4, -0.2) is 50.6 Å². The number of hydrogen-bond donors (Lipinski definition) is 1. The minimum atomic E-state index is -0.277. The lowest BCUT2D eigenvalue weighted by Gasteiger charge is -2.36. The molecule has 3 aromatic carbocycles. The van der Waals surface area contributed by atoms with Crippen LogP contribution in [-0.2, 0) is 6.54 Å². The quantitative estimate of drug-likeness (QED) is 0.239. The molecular weight excluding hydrogens is 563 g/mol. The van der Waals surface area contributed by atoms with E-state index in [0.717, 1.165) is 53.3 Å². The first-order valence-corrected chi connectivity index (χ1v) is 14.9. The lowest BCUT2D eigenvalue weighted by Crippen LogP contribution is -2.46. The Hall–Kier alpha value is -5.59. The van der Waals surface area contributed by atoms with Gasteiger partial charge in [0.1, 0.15) is 17.2 Å². The van der Waals surface area contributed by atoms with Gasteiger partial charge >= 0.3 is 0 Å².